The number of benzene rings is 1. The van der Waals surface area contributed by atoms with Crippen LogP contribution in [0.4, 0.5) is 4.39 Å². The van der Waals surface area contributed by atoms with Crippen molar-refractivity contribution < 1.29 is 14.3 Å². The van der Waals surface area contributed by atoms with Gasteiger partial charge >= 0.3 is 0 Å². The zero-order valence-corrected chi connectivity index (χ0v) is 11.1. The largest absolute Gasteiger partial charge is 0.388 e. The zero-order chi connectivity index (χ0) is 13.8. The van der Waals surface area contributed by atoms with Crippen LogP contribution in [0.1, 0.15) is 42.6 Å². The average Bonchev–Trinajstić information content (AvgIpc) is 2.38. The molecule has 0 heterocycles. The Hall–Kier alpha value is -1.42. The van der Waals surface area contributed by atoms with Gasteiger partial charge in [-0.1, -0.05) is 19.9 Å². The summed E-state index contributed by atoms with van der Waals surface area (Å²) >= 11 is 0. The van der Waals surface area contributed by atoms with E-state index in [0.717, 1.165) is 0 Å². The summed E-state index contributed by atoms with van der Waals surface area (Å²) in [5, 5.41) is 12.7. The number of carbonyl (C=O) groups excluding carboxylic acids is 1. The molecule has 0 radical (unpaired) electrons. The van der Waals surface area contributed by atoms with Gasteiger partial charge in [0.25, 0.3) is 5.91 Å². The first kappa shape index (κ1) is 14.6. The molecule has 0 bridgehead atoms. The highest BCUT2D eigenvalue weighted by atomic mass is 19.1. The van der Waals surface area contributed by atoms with Crippen LogP contribution in [-0.2, 0) is 0 Å². The summed E-state index contributed by atoms with van der Waals surface area (Å²) in [7, 11) is 0. The molecule has 0 fully saturated rings. The van der Waals surface area contributed by atoms with E-state index in [1.165, 1.54) is 12.1 Å². The summed E-state index contributed by atoms with van der Waals surface area (Å²) in [6.07, 6.45) is 1.12. The molecule has 1 amide bonds. The maximum atomic E-state index is 13.1. The maximum Gasteiger partial charge on any atom is 0.251 e. The number of carbonyl (C=O) groups is 1. The number of hydrogen-bond donors (Lipinski definition) is 2. The van der Waals surface area contributed by atoms with Crippen molar-refractivity contribution >= 4 is 5.91 Å². The first-order valence-corrected chi connectivity index (χ1v) is 6.18. The second-order valence-electron chi connectivity index (χ2n) is 4.57. The van der Waals surface area contributed by atoms with Crippen LogP contribution in [0.3, 0.4) is 0 Å². The minimum absolute atomic E-state index is 0.175. The van der Waals surface area contributed by atoms with Crippen molar-refractivity contribution in [2.24, 2.45) is 0 Å². The number of nitrogens with one attached hydrogen (secondary N) is 1. The van der Waals surface area contributed by atoms with E-state index in [9.17, 15) is 14.3 Å². The molecule has 1 aromatic carbocycles. The molecule has 1 rings (SSSR count). The standard InChI is InChI=1S/C14H20FNO2/c1-4-14(18,5-2)9-16-13(17)12-8-11(15)7-6-10(12)3/h6-8,18H,4-5,9H2,1-3H3,(H,16,17). The molecule has 2 N–H and O–H groups in total. The molecule has 0 spiro atoms. The Kier molecular flexibility index (Phi) is 4.84. The third kappa shape index (κ3) is 3.53. The molecule has 3 nitrogen and oxygen atoms in total. The Bertz CT molecular complexity index is 428. The Morgan fingerprint density at radius 1 is 1.39 bits per heavy atom. The minimum atomic E-state index is -0.892. The predicted molar refractivity (Wildman–Crippen MR) is 69.0 cm³/mol. The lowest BCUT2D eigenvalue weighted by atomic mass is 9.97. The predicted octanol–water partition coefficient (Wildman–Crippen LogP) is 2.42. The van der Waals surface area contributed by atoms with Gasteiger partial charge in [-0.05, 0) is 37.5 Å². The molecule has 0 atom stereocenters. The van der Waals surface area contributed by atoms with Gasteiger partial charge in [0.05, 0.1) is 5.60 Å². The molecule has 0 unspecified atom stereocenters. The summed E-state index contributed by atoms with van der Waals surface area (Å²) in [5.74, 6) is -0.792. The minimum Gasteiger partial charge on any atom is -0.388 e. The molecule has 0 saturated carbocycles. The van der Waals surface area contributed by atoms with Crippen molar-refractivity contribution in [2.75, 3.05) is 6.54 Å². The third-order valence-corrected chi connectivity index (χ3v) is 3.34. The van der Waals surface area contributed by atoms with Gasteiger partial charge in [0, 0.05) is 12.1 Å². The van der Waals surface area contributed by atoms with E-state index in [2.05, 4.69) is 5.32 Å². The Morgan fingerprint density at radius 2 is 2.00 bits per heavy atom. The SMILES string of the molecule is CCC(O)(CC)CNC(=O)c1cc(F)ccc1C. The van der Waals surface area contributed by atoms with E-state index in [1.807, 2.05) is 13.8 Å². The number of aryl methyl sites for hydroxylation is 1. The number of hydrogen-bond acceptors (Lipinski definition) is 2. The van der Waals surface area contributed by atoms with E-state index in [0.29, 0.717) is 24.0 Å². The summed E-state index contributed by atoms with van der Waals surface area (Å²) in [4.78, 5) is 11.9. The van der Waals surface area contributed by atoms with Crippen molar-refractivity contribution in [2.45, 2.75) is 39.2 Å². The van der Waals surface area contributed by atoms with Crippen LogP contribution in [0.25, 0.3) is 0 Å². The smallest absolute Gasteiger partial charge is 0.251 e. The van der Waals surface area contributed by atoms with Gasteiger partial charge in [0.1, 0.15) is 5.82 Å². The van der Waals surface area contributed by atoms with E-state index >= 15 is 0 Å². The van der Waals surface area contributed by atoms with Crippen LogP contribution in [-0.4, -0.2) is 23.2 Å². The number of aliphatic hydroxyl groups is 1. The topological polar surface area (TPSA) is 49.3 Å². The van der Waals surface area contributed by atoms with E-state index in [-0.39, 0.29) is 12.5 Å². The van der Waals surface area contributed by atoms with Crippen molar-refractivity contribution in [3.05, 3.63) is 35.1 Å². The van der Waals surface area contributed by atoms with Crippen molar-refractivity contribution in [1.82, 2.24) is 5.32 Å². The molecule has 1 aromatic rings. The van der Waals surface area contributed by atoms with Crippen LogP contribution in [0.5, 0.6) is 0 Å². The number of rotatable bonds is 5. The zero-order valence-electron chi connectivity index (χ0n) is 11.1. The Labute approximate surface area is 107 Å². The molecule has 0 aliphatic carbocycles. The highest BCUT2D eigenvalue weighted by Gasteiger charge is 2.23. The fraction of sp³-hybridized carbons (Fsp3) is 0.500. The Morgan fingerprint density at radius 3 is 2.56 bits per heavy atom. The molecule has 100 valence electrons. The van der Waals surface area contributed by atoms with Crippen LogP contribution in [0.2, 0.25) is 0 Å². The molecule has 0 aliphatic rings. The van der Waals surface area contributed by atoms with E-state index in [4.69, 9.17) is 0 Å². The fourth-order valence-corrected chi connectivity index (χ4v) is 1.68. The molecular weight excluding hydrogens is 233 g/mol. The van der Waals surface area contributed by atoms with Gasteiger partial charge in [-0.2, -0.15) is 0 Å². The highest BCUT2D eigenvalue weighted by molar-refractivity contribution is 5.95. The second-order valence-corrected chi connectivity index (χ2v) is 4.57. The lowest BCUT2D eigenvalue weighted by Crippen LogP contribution is -2.42. The van der Waals surface area contributed by atoms with Crippen molar-refractivity contribution in [1.29, 1.82) is 0 Å². The quantitative estimate of drug-likeness (QED) is 0.846. The molecule has 0 saturated heterocycles. The first-order valence-electron chi connectivity index (χ1n) is 6.18. The monoisotopic (exact) mass is 253 g/mol. The normalized spacial score (nSPS) is 11.4. The lowest BCUT2D eigenvalue weighted by Gasteiger charge is -2.25. The molecule has 18 heavy (non-hydrogen) atoms. The van der Waals surface area contributed by atoms with Gasteiger partial charge in [-0.3, -0.25) is 4.79 Å². The van der Waals surface area contributed by atoms with Crippen LogP contribution >= 0.6 is 0 Å². The van der Waals surface area contributed by atoms with Gasteiger partial charge < -0.3 is 10.4 Å². The lowest BCUT2D eigenvalue weighted by molar-refractivity contribution is 0.0314. The molecule has 0 aromatic heterocycles. The summed E-state index contributed by atoms with van der Waals surface area (Å²) < 4.78 is 13.1. The molecule has 0 aliphatic heterocycles. The van der Waals surface area contributed by atoms with Crippen molar-refractivity contribution in [3.63, 3.8) is 0 Å². The van der Waals surface area contributed by atoms with Gasteiger partial charge in [-0.25, -0.2) is 4.39 Å². The summed E-state index contributed by atoms with van der Waals surface area (Å²) in [6, 6.07) is 4.10. The highest BCUT2D eigenvalue weighted by Crippen LogP contribution is 2.14. The maximum absolute atomic E-state index is 13.1. The average molecular weight is 253 g/mol. The van der Waals surface area contributed by atoms with E-state index in [1.54, 1.807) is 13.0 Å². The molecule has 4 heteroatoms. The van der Waals surface area contributed by atoms with Crippen LogP contribution < -0.4 is 5.32 Å². The van der Waals surface area contributed by atoms with Gasteiger partial charge in [0.15, 0.2) is 0 Å². The Balaban J connectivity index is 2.74. The summed E-state index contributed by atoms with van der Waals surface area (Å²) in [5.41, 5.74) is 0.131. The second kappa shape index (κ2) is 5.96. The van der Waals surface area contributed by atoms with Gasteiger partial charge in [0.2, 0.25) is 0 Å². The summed E-state index contributed by atoms with van der Waals surface area (Å²) in [6.45, 7) is 5.65. The van der Waals surface area contributed by atoms with Crippen molar-refractivity contribution in [3.8, 4) is 0 Å². The first-order chi connectivity index (χ1) is 8.41. The number of amides is 1. The fourth-order valence-electron chi connectivity index (χ4n) is 1.68. The van der Waals surface area contributed by atoms with E-state index < -0.39 is 11.4 Å². The van der Waals surface area contributed by atoms with Crippen LogP contribution in [0.15, 0.2) is 18.2 Å². The third-order valence-electron chi connectivity index (χ3n) is 3.34. The van der Waals surface area contributed by atoms with Crippen LogP contribution in [0, 0.1) is 12.7 Å². The molecular formula is C14H20FNO2. The van der Waals surface area contributed by atoms with Gasteiger partial charge in [-0.15, -0.1) is 0 Å². The number of halogens is 1.